The highest BCUT2D eigenvalue weighted by atomic mass is 35.5. The van der Waals surface area contributed by atoms with Gasteiger partial charge < -0.3 is 10.2 Å². The maximum Gasteiger partial charge on any atom is 0.253 e. The van der Waals surface area contributed by atoms with E-state index < -0.39 is 0 Å². The van der Waals surface area contributed by atoms with Crippen LogP contribution in [0.4, 0.5) is 0 Å². The summed E-state index contributed by atoms with van der Waals surface area (Å²) in [5.74, 6) is 0.148. The van der Waals surface area contributed by atoms with Gasteiger partial charge in [-0.1, -0.05) is 30.9 Å². The molecule has 0 spiro atoms. The second-order valence-corrected chi connectivity index (χ2v) is 7.79. The summed E-state index contributed by atoms with van der Waals surface area (Å²) in [7, 11) is 0. The number of carbonyl (C=O) groups excluding carboxylic acids is 2. The lowest BCUT2D eigenvalue weighted by atomic mass is 9.95. The lowest BCUT2D eigenvalue weighted by Crippen LogP contribution is -2.56. The van der Waals surface area contributed by atoms with Gasteiger partial charge in [-0.3, -0.25) is 14.5 Å². The Labute approximate surface area is 160 Å². The Morgan fingerprint density at radius 2 is 1.65 bits per heavy atom. The minimum absolute atomic E-state index is 0.0284. The molecule has 0 aromatic heterocycles. The molecule has 1 saturated heterocycles. The standard InChI is InChI=1S/C20H28ClN3O2/c1-15(19(25)22-18-5-3-2-4-6-18)23-11-13-24(14-12-23)20(26)16-7-9-17(21)10-8-16/h7-10,15,18H,2-6,11-14H2,1H3,(H,22,25). The first-order valence-corrected chi connectivity index (χ1v) is 10.0. The largest absolute Gasteiger partial charge is 0.352 e. The Morgan fingerprint density at radius 1 is 1.04 bits per heavy atom. The molecule has 26 heavy (non-hydrogen) atoms. The summed E-state index contributed by atoms with van der Waals surface area (Å²) in [6.07, 6.45) is 5.91. The fraction of sp³-hybridized carbons (Fsp3) is 0.600. The van der Waals surface area contributed by atoms with Gasteiger partial charge >= 0.3 is 0 Å². The van der Waals surface area contributed by atoms with Crippen LogP contribution < -0.4 is 5.32 Å². The van der Waals surface area contributed by atoms with Crippen LogP contribution in [0.2, 0.25) is 5.02 Å². The number of halogens is 1. The Morgan fingerprint density at radius 3 is 2.27 bits per heavy atom. The van der Waals surface area contributed by atoms with Crippen molar-refractivity contribution in [2.45, 2.75) is 51.1 Å². The number of nitrogens with one attached hydrogen (secondary N) is 1. The molecule has 1 aromatic rings. The molecule has 1 aliphatic heterocycles. The number of benzene rings is 1. The molecule has 0 radical (unpaired) electrons. The molecular formula is C20H28ClN3O2. The molecule has 1 heterocycles. The third kappa shape index (κ3) is 4.77. The molecule has 1 aliphatic carbocycles. The van der Waals surface area contributed by atoms with Crippen LogP contribution in [0.1, 0.15) is 49.4 Å². The number of hydrogen-bond donors (Lipinski definition) is 1. The van der Waals surface area contributed by atoms with Crippen LogP contribution in [0.5, 0.6) is 0 Å². The summed E-state index contributed by atoms with van der Waals surface area (Å²) < 4.78 is 0. The number of nitrogens with zero attached hydrogens (tertiary/aromatic N) is 2. The van der Waals surface area contributed by atoms with Crippen LogP contribution in [0.25, 0.3) is 0 Å². The zero-order chi connectivity index (χ0) is 18.5. The summed E-state index contributed by atoms with van der Waals surface area (Å²) in [5, 5.41) is 3.84. The van der Waals surface area contributed by atoms with E-state index >= 15 is 0 Å². The van der Waals surface area contributed by atoms with Crippen molar-refractivity contribution in [1.82, 2.24) is 15.1 Å². The first-order valence-electron chi connectivity index (χ1n) is 9.64. The molecule has 2 amide bonds. The van der Waals surface area contributed by atoms with Gasteiger partial charge in [0.15, 0.2) is 0 Å². The first kappa shape index (κ1) is 19.2. The molecule has 1 unspecified atom stereocenters. The van der Waals surface area contributed by atoms with Gasteiger partial charge in [-0.05, 0) is 44.0 Å². The molecular weight excluding hydrogens is 350 g/mol. The van der Waals surface area contributed by atoms with Gasteiger partial charge in [0.2, 0.25) is 5.91 Å². The Bertz CT molecular complexity index is 620. The molecule has 1 N–H and O–H groups in total. The zero-order valence-electron chi connectivity index (χ0n) is 15.4. The molecule has 2 fully saturated rings. The smallest absolute Gasteiger partial charge is 0.253 e. The fourth-order valence-electron chi connectivity index (χ4n) is 3.82. The quantitative estimate of drug-likeness (QED) is 0.877. The van der Waals surface area contributed by atoms with Crippen LogP contribution in [0.15, 0.2) is 24.3 Å². The zero-order valence-corrected chi connectivity index (χ0v) is 16.2. The van der Waals surface area contributed by atoms with Crippen molar-refractivity contribution in [3.05, 3.63) is 34.9 Å². The third-order valence-corrected chi connectivity index (χ3v) is 5.82. The highest BCUT2D eigenvalue weighted by Gasteiger charge is 2.29. The summed E-state index contributed by atoms with van der Waals surface area (Å²) in [6, 6.07) is 7.19. The second-order valence-electron chi connectivity index (χ2n) is 7.35. The summed E-state index contributed by atoms with van der Waals surface area (Å²) >= 11 is 5.89. The molecule has 0 bridgehead atoms. The molecule has 3 rings (SSSR count). The van der Waals surface area contributed by atoms with Crippen LogP contribution in [-0.4, -0.2) is 59.9 Å². The highest BCUT2D eigenvalue weighted by Crippen LogP contribution is 2.18. The van der Waals surface area contributed by atoms with Crippen molar-refractivity contribution in [1.29, 1.82) is 0 Å². The van der Waals surface area contributed by atoms with E-state index in [2.05, 4.69) is 10.2 Å². The SMILES string of the molecule is CC(C(=O)NC1CCCCC1)N1CCN(C(=O)c2ccc(Cl)cc2)CC1. The van der Waals surface area contributed by atoms with E-state index in [0.29, 0.717) is 29.7 Å². The molecule has 5 nitrogen and oxygen atoms in total. The maximum atomic E-state index is 12.6. The van der Waals surface area contributed by atoms with Crippen molar-refractivity contribution in [3.8, 4) is 0 Å². The monoisotopic (exact) mass is 377 g/mol. The van der Waals surface area contributed by atoms with Crippen LogP contribution >= 0.6 is 11.6 Å². The van der Waals surface area contributed by atoms with Gasteiger partial charge in [0.25, 0.3) is 5.91 Å². The van der Waals surface area contributed by atoms with E-state index in [0.717, 1.165) is 25.9 Å². The number of hydrogen-bond acceptors (Lipinski definition) is 3. The first-order chi connectivity index (χ1) is 12.5. The Hall–Kier alpha value is -1.59. The number of carbonyl (C=O) groups is 2. The second kappa shape index (κ2) is 8.87. The molecule has 1 atom stereocenters. The van der Waals surface area contributed by atoms with E-state index in [4.69, 9.17) is 11.6 Å². The average molecular weight is 378 g/mol. The van der Waals surface area contributed by atoms with Crippen LogP contribution in [0, 0.1) is 0 Å². The van der Waals surface area contributed by atoms with Crippen molar-refractivity contribution >= 4 is 23.4 Å². The van der Waals surface area contributed by atoms with E-state index in [1.165, 1.54) is 19.3 Å². The van der Waals surface area contributed by atoms with Gasteiger partial charge in [0.1, 0.15) is 0 Å². The van der Waals surface area contributed by atoms with Crippen molar-refractivity contribution < 1.29 is 9.59 Å². The van der Waals surface area contributed by atoms with E-state index in [-0.39, 0.29) is 17.9 Å². The van der Waals surface area contributed by atoms with Gasteiger partial charge in [0.05, 0.1) is 6.04 Å². The van der Waals surface area contributed by atoms with Gasteiger partial charge in [-0.15, -0.1) is 0 Å². The highest BCUT2D eigenvalue weighted by molar-refractivity contribution is 6.30. The van der Waals surface area contributed by atoms with Crippen LogP contribution in [-0.2, 0) is 4.79 Å². The van der Waals surface area contributed by atoms with Gasteiger partial charge in [-0.25, -0.2) is 0 Å². The maximum absolute atomic E-state index is 12.6. The number of piperazine rings is 1. The van der Waals surface area contributed by atoms with E-state index in [9.17, 15) is 9.59 Å². The molecule has 6 heteroatoms. The predicted molar refractivity (Wildman–Crippen MR) is 103 cm³/mol. The van der Waals surface area contributed by atoms with E-state index in [1.807, 2.05) is 11.8 Å². The summed E-state index contributed by atoms with van der Waals surface area (Å²) in [6.45, 7) is 4.69. The predicted octanol–water partition coefficient (Wildman–Crippen LogP) is 2.94. The molecule has 1 saturated carbocycles. The normalized spacial score (nSPS) is 20.6. The van der Waals surface area contributed by atoms with Crippen LogP contribution in [0.3, 0.4) is 0 Å². The van der Waals surface area contributed by atoms with Crippen molar-refractivity contribution in [2.24, 2.45) is 0 Å². The fourth-order valence-corrected chi connectivity index (χ4v) is 3.95. The van der Waals surface area contributed by atoms with E-state index in [1.54, 1.807) is 24.3 Å². The van der Waals surface area contributed by atoms with Gasteiger partial charge in [0, 0.05) is 42.8 Å². The Balaban J connectivity index is 1.48. The lowest BCUT2D eigenvalue weighted by molar-refractivity contribution is -0.127. The Kier molecular flexibility index (Phi) is 6.54. The van der Waals surface area contributed by atoms with Gasteiger partial charge in [-0.2, -0.15) is 0 Å². The molecule has 142 valence electrons. The number of rotatable bonds is 4. The topological polar surface area (TPSA) is 52.7 Å². The summed E-state index contributed by atoms with van der Waals surface area (Å²) in [4.78, 5) is 29.1. The molecule has 1 aromatic carbocycles. The van der Waals surface area contributed by atoms with Crippen molar-refractivity contribution in [2.75, 3.05) is 26.2 Å². The third-order valence-electron chi connectivity index (χ3n) is 5.57. The van der Waals surface area contributed by atoms with Crippen molar-refractivity contribution in [3.63, 3.8) is 0 Å². The number of amides is 2. The average Bonchev–Trinajstić information content (AvgIpc) is 2.68. The minimum atomic E-state index is -0.148. The molecule has 2 aliphatic rings. The lowest BCUT2D eigenvalue weighted by Gasteiger charge is -2.38. The minimum Gasteiger partial charge on any atom is -0.352 e. The summed E-state index contributed by atoms with van der Waals surface area (Å²) in [5.41, 5.74) is 0.658.